The lowest BCUT2D eigenvalue weighted by atomic mass is 9.93. The van der Waals surface area contributed by atoms with Gasteiger partial charge in [-0.3, -0.25) is 19.3 Å². The van der Waals surface area contributed by atoms with Crippen molar-refractivity contribution in [2.24, 2.45) is 0 Å². The highest BCUT2D eigenvalue weighted by Crippen LogP contribution is 2.43. The minimum absolute atomic E-state index is 0.0113. The average Bonchev–Trinajstić information content (AvgIpc) is 3.05. The van der Waals surface area contributed by atoms with Gasteiger partial charge in [-0.2, -0.15) is 0 Å². The third-order valence-corrected chi connectivity index (χ3v) is 6.01. The van der Waals surface area contributed by atoms with Gasteiger partial charge in [-0.15, -0.1) is 0 Å². The van der Waals surface area contributed by atoms with Gasteiger partial charge in [0, 0.05) is 18.2 Å². The van der Waals surface area contributed by atoms with E-state index >= 15 is 0 Å². The lowest BCUT2D eigenvalue weighted by molar-refractivity contribution is -0.132. The number of carbonyl (C=O) groups is 3. The third-order valence-electron chi connectivity index (χ3n) is 6.01. The van der Waals surface area contributed by atoms with E-state index in [1.807, 2.05) is 58.0 Å². The number of hydrogen-bond acceptors (Lipinski definition) is 5. The standard InChI is InChI=1S/C29H27NO5/c1-16-9-10-19(4)24(14-16)27(32)25-26(21-7-6-8-23(15-21)35-20(5)31)30(29(34)28(25)33)22-12-17(2)11-18(3)13-22/h6-15,26,32H,1-5H3/b27-25+. The summed E-state index contributed by atoms with van der Waals surface area (Å²) >= 11 is 0. The maximum Gasteiger partial charge on any atom is 0.308 e. The fourth-order valence-corrected chi connectivity index (χ4v) is 4.55. The van der Waals surface area contributed by atoms with Crippen molar-refractivity contribution in [3.8, 4) is 5.75 Å². The van der Waals surface area contributed by atoms with Crippen LogP contribution in [-0.2, 0) is 14.4 Å². The van der Waals surface area contributed by atoms with E-state index in [1.54, 1.807) is 30.3 Å². The summed E-state index contributed by atoms with van der Waals surface area (Å²) in [5.41, 5.74) is 5.12. The fraction of sp³-hybridized carbons (Fsp3) is 0.207. The zero-order chi connectivity index (χ0) is 25.4. The molecule has 0 radical (unpaired) electrons. The van der Waals surface area contributed by atoms with Crippen LogP contribution in [0.4, 0.5) is 5.69 Å². The summed E-state index contributed by atoms with van der Waals surface area (Å²) in [5, 5.41) is 11.4. The summed E-state index contributed by atoms with van der Waals surface area (Å²) in [5.74, 6) is -1.94. The highest BCUT2D eigenvalue weighted by Gasteiger charge is 2.47. The summed E-state index contributed by atoms with van der Waals surface area (Å²) in [4.78, 5) is 39.8. The highest BCUT2D eigenvalue weighted by molar-refractivity contribution is 6.51. The molecule has 0 aromatic heterocycles. The topological polar surface area (TPSA) is 83.9 Å². The summed E-state index contributed by atoms with van der Waals surface area (Å²) in [7, 11) is 0. The van der Waals surface area contributed by atoms with Crippen LogP contribution in [0.5, 0.6) is 5.75 Å². The van der Waals surface area contributed by atoms with E-state index in [2.05, 4.69) is 0 Å². The average molecular weight is 470 g/mol. The van der Waals surface area contributed by atoms with E-state index in [4.69, 9.17) is 4.74 Å². The Morgan fingerprint density at radius 3 is 2.23 bits per heavy atom. The summed E-state index contributed by atoms with van der Waals surface area (Å²) in [6.07, 6.45) is 0. The Bertz CT molecular complexity index is 1380. The molecule has 3 aromatic rings. The number of hydrogen-bond donors (Lipinski definition) is 1. The summed E-state index contributed by atoms with van der Waals surface area (Å²) < 4.78 is 5.26. The maximum atomic E-state index is 13.4. The molecule has 1 N–H and O–H groups in total. The Hall–Kier alpha value is -4.19. The molecule has 1 aliphatic heterocycles. The van der Waals surface area contributed by atoms with E-state index in [0.717, 1.165) is 22.3 Å². The number of aliphatic hydroxyl groups is 1. The van der Waals surface area contributed by atoms with Gasteiger partial charge in [0.15, 0.2) is 0 Å². The normalized spacial score (nSPS) is 17.1. The first kappa shape index (κ1) is 24.0. The molecule has 1 unspecified atom stereocenters. The number of ether oxygens (including phenoxy) is 1. The molecular weight excluding hydrogens is 442 g/mol. The van der Waals surface area contributed by atoms with Crippen molar-refractivity contribution in [1.29, 1.82) is 0 Å². The molecule has 0 aliphatic carbocycles. The Balaban J connectivity index is 2.00. The van der Waals surface area contributed by atoms with E-state index < -0.39 is 23.7 Å². The van der Waals surface area contributed by atoms with Crippen LogP contribution in [0.15, 0.2) is 66.2 Å². The van der Waals surface area contributed by atoms with E-state index in [-0.39, 0.29) is 17.1 Å². The second-order valence-corrected chi connectivity index (χ2v) is 9.00. The van der Waals surface area contributed by atoms with Crippen LogP contribution < -0.4 is 9.64 Å². The van der Waals surface area contributed by atoms with Crippen LogP contribution in [0.3, 0.4) is 0 Å². The van der Waals surface area contributed by atoms with E-state index in [1.165, 1.54) is 11.8 Å². The molecule has 1 aliphatic rings. The predicted molar refractivity (Wildman–Crippen MR) is 134 cm³/mol. The molecule has 1 saturated heterocycles. The first-order valence-corrected chi connectivity index (χ1v) is 11.3. The minimum atomic E-state index is -0.911. The van der Waals surface area contributed by atoms with Crippen molar-refractivity contribution in [3.05, 3.63) is 99.6 Å². The molecule has 1 amide bonds. The summed E-state index contributed by atoms with van der Waals surface area (Å²) in [6.45, 7) is 8.86. The number of benzene rings is 3. The molecule has 0 spiro atoms. The Labute approximate surface area is 204 Å². The number of nitrogens with zero attached hydrogens (tertiary/aromatic N) is 1. The van der Waals surface area contributed by atoms with Gasteiger partial charge < -0.3 is 9.84 Å². The van der Waals surface area contributed by atoms with Crippen LogP contribution in [0.1, 0.15) is 46.3 Å². The van der Waals surface area contributed by atoms with Gasteiger partial charge in [-0.05, 0) is 80.3 Å². The Morgan fingerprint density at radius 1 is 0.886 bits per heavy atom. The van der Waals surface area contributed by atoms with Gasteiger partial charge in [0.05, 0.1) is 11.6 Å². The molecule has 6 nitrogen and oxygen atoms in total. The zero-order valence-corrected chi connectivity index (χ0v) is 20.4. The number of carbonyl (C=O) groups excluding carboxylic acids is 3. The number of rotatable bonds is 4. The van der Waals surface area contributed by atoms with Gasteiger partial charge in [0.1, 0.15) is 11.5 Å². The molecule has 1 atom stereocenters. The van der Waals surface area contributed by atoms with Crippen LogP contribution in [-0.4, -0.2) is 22.8 Å². The number of esters is 1. The number of aryl methyl sites for hydroxylation is 4. The van der Waals surface area contributed by atoms with Crippen LogP contribution in [0, 0.1) is 27.7 Å². The summed E-state index contributed by atoms with van der Waals surface area (Å²) in [6, 6.07) is 17.0. The van der Waals surface area contributed by atoms with Gasteiger partial charge >= 0.3 is 5.97 Å². The van der Waals surface area contributed by atoms with Crippen LogP contribution in [0.25, 0.3) is 5.76 Å². The van der Waals surface area contributed by atoms with Crippen LogP contribution in [0.2, 0.25) is 0 Å². The van der Waals surface area contributed by atoms with Gasteiger partial charge in [-0.1, -0.05) is 35.9 Å². The van der Waals surface area contributed by atoms with Crippen molar-refractivity contribution < 1.29 is 24.2 Å². The molecule has 178 valence electrons. The maximum absolute atomic E-state index is 13.4. The predicted octanol–water partition coefficient (Wildman–Crippen LogP) is 5.47. The molecule has 0 bridgehead atoms. The third kappa shape index (κ3) is 4.60. The lowest BCUT2D eigenvalue weighted by Gasteiger charge is -2.26. The molecule has 6 heteroatoms. The first-order chi connectivity index (χ1) is 16.6. The fourth-order valence-electron chi connectivity index (χ4n) is 4.55. The number of Topliss-reactive ketones (excluding diaryl/α,β-unsaturated/α-hetero) is 1. The zero-order valence-electron chi connectivity index (χ0n) is 20.4. The molecule has 0 saturated carbocycles. The minimum Gasteiger partial charge on any atom is -0.507 e. The number of amides is 1. The van der Waals surface area contributed by atoms with Gasteiger partial charge in [-0.25, -0.2) is 0 Å². The number of aliphatic hydroxyl groups excluding tert-OH is 1. The number of ketones is 1. The van der Waals surface area contributed by atoms with Crippen molar-refractivity contribution in [3.63, 3.8) is 0 Å². The molecule has 1 heterocycles. The van der Waals surface area contributed by atoms with Crippen LogP contribution >= 0.6 is 0 Å². The quantitative estimate of drug-likeness (QED) is 0.180. The molecule has 1 fully saturated rings. The van der Waals surface area contributed by atoms with Crippen molar-refractivity contribution in [1.82, 2.24) is 0 Å². The van der Waals surface area contributed by atoms with Crippen molar-refractivity contribution >= 4 is 29.1 Å². The van der Waals surface area contributed by atoms with Gasteiger partial charge in [0.25, 0.3) is 11.7 Å². The van der Waals surface area contributed by atoms with Gasteiger partial charge in [0.2, 0.25) is 0 Å². The second-order valence-electron chi connectivity index (χ2n) is 9.00. The second kappa shape index (κ2) is 9.22. The first-order valence-electron chi connectivity index (χ1n) is 11.3. The Morgan fingerprint density at radius 2 is 1.57 bits per heavy atom. The van der Waals surface area contributed by atoms with E-state index in [0.29, 0.717) is 16.8 Å². The molecular formula is C29H27NO5. The SMILES string of the molecule is CC(=O)Oc1cccc(C2/C(=C(\O)c3cc(C)ccc3C)C(=O)C(=O)N2c2cc(C)cc(C)c2)c1. The largest absolute Gasteiger partial charge is 0.507 e. The molecule has 4 rings (SSSR count). The molecule has 3 aromatic carbocycles. The lowest BCUT2D eigenvalue weighted by Crippen LogP contribution is -2.29. The Kier molecular flexibility index (Phi) is 6.31. The molecule has 35 heavy (non-hydrogen) atoms. The van der Waals surface area contributed by atoms with Crippen molar-refractivity contribution in [2.45, 2.75) is 40.7 Å². The number of anilines is 1. The van der Waals surface area contributed by atoms with Crippen molar-refractivity contribution in [2.75, 3.05) is 4.90 Å². The smallest absolute Gasteiger partial charge is 0.308 e. The monoisotopic (exact) mass is 469 g/mol. The highest BCUT2D eigenvalue weighted by atomic mass is 16.5. The van der Waals surface area contributed by atoms with E-state index in [9.17, 15) is 19.5 Å².